The van der Waals surface area contributed by atoms with Gasteiger partial charge in [0, 0.05) is 23.4 Å². The summed E-state index contributed by atoms with van der Waals surface area (Å²) in [7, 11) is 1.15. The molecule has 0 aliphatic rings. The molecule has 0 unspecified atom stereocenters. The van der Waals surface area contributed by atoms with Gasteiger partial charge in [-0.25, -0.2) is 4.79 Å². The van der Waals surface area contributed by atoms with E-state index in [9.17, 15) is 24.8 Å². The van der Waals surface area contributed by atoms with Gasteiger partial charge in [-0.2, -0.15) is 0 Å². The van der Waals surface area contributed by atoms with E-state index >= 15 is 0 Å². The van der Waals surface area contributed by atoms with Crippen molar-refractivity contribution in [2.24, 2.45) is 0 Å². The number of aryl methyl sites for hydroxylation is 1. The van der Waals surface area contributed by atoms with Crippen molar-refractivity contribution in [1.29, 1.82) is 0 Å². The molecule has 0 saturated heterocycles. The van der Waals surface area contributed by atoms with Crippen LogP contribution in [0.4, 0.5) is 5.69 Å². The van der Waals surface area contributed by atoms with Gasteiger partial charge in [0.05, 0.1) is 17.6 Å². The number of rotatable bonds is 3. The molecule has 2 aromatic rings. The van der Waals surface area contributed by atoms with E-state index < -0.39 is 22.2 Å². The van der Waals surface area contributed by atoms with Crippen molar-refractivity contribution in [3.8, 4) is 16.9 Å². The van der Waals surface area contributed by atoms with E-state index in [4.69, 9.17) is 0 Å². The van der Waals surface area contributed by atoms with E-state index in [2.05, 4.69) is 9.72 Å². The van der Waals surface area contributed by atoms with E-state index in [1.54, 1.807) is 0 Å². The van der Waals surface area contributed by atoms with Crippen LogP contribution in [-0.2, 0) is 4.74 Å². The average molecular weight is 304 g/mol. The van der Waals surface area contributed by atoms with Crippen LogP contribution < -0.4 is 5.56 Å². The molecule has 8 nitrogen and oxygen atoms in total. The molecule has 0 spiro atoms. The van der Waals surface area contributed by atoms with Gasteiger partial charge in [0.1, 0.15) is 0 Å². The second-order valence-corrected chi connectivity index (χ2v) is 4.48. The first-order chi connectivity index (χ1) is 10.4. The fraction of sp³-hybridized carbons (Fsp3) is 0.143. The summed E-state index contributed by atoms with van der Waals surface area (Å²) in [6.07, 6.45) is 0. The third-order valence-corrected chi connectivity index (χ3v) is 3.11. The van der Waals surface area contributed by atoms with Gasteiger partial charge in [-0.15, -0.1) is 0 Å². The summed E-state index contributed by atoms with van der Waals surface area (Å²) in [5, 5.41) is 20.9. The lowest BCUT2D eigenvalue weighted by Gasteiger charge is -2.12. The molecule has 2 N–H and O–H groups in total. The van der Waals surface area contributed by atoms with E-state index in [1.807, 2.05) is 0 Å². The summed E-state index contributed by atoms with van der Waals surface area (Å²) in [6, 6.07) is 5.27. The number of aromatic amines is 1. The highest BCUT2D eigenvalue weighted by molar-refractivity contribution is 6.00. The maximum absolute atomic E-state index is 11.9. The van der Waals surface area contributed by atoms with Crippen LogP contribution in [0.3, 0.4) is 0 Å². The monoisotopic (exact) mass is 304 g/mol. The van der Waals surface area contributed by atoms with Gasteiger partial charge in [0.25, 0.3) is 11.2 Å². The van der Waals surface area contributed by atoms with Crippen molar-refractivity contribution in [2.75, 3.05) is 7.11 Å². The summed E-state index contributed by atoms with van der Waals surface area (Å²) in [6.45, 7) is 1.47. The standard InChI is InChI=1S/C14H12N2O6/c1-7-10(14(19)22-2)11(12(17)13(18)15-7)8-4-3-5-9(6-8)16(20)21/h3-6,17H,1-2H3,(H,15,18). The van der Waals surface area contributed by atoms with Crippen LogP contribution in [-0.4, -0.2) is 28.1 Å². The largest absolute Gasteiger partial charge is 0.503 e. The van der Waals surface area contributed by atoms with Crippen LogP contribution in [0, 0.1) is 17.0 Å². The average Bonchev–Trinajstić information content (AvgIpc) is 2.49. The van der Waals surface area contributed by atoms with E-state index in [0.717, 1.165) is 7.11 Å². The van der Waals surface area contributed by atoms with Crippen LogP contribution in [0.5, 0.6) is 5.75 Å². The smallest absolute Gasteiger partial charge is 0.340 e. The molecule has 0 aliphatic carbocycles. The minimum absolute atomic E-state index is 0.0555. The highest BCUT2D eigenvalue weighted by Gasteiger charge is 2.23. The molecule has 2 rings (SSSR count). The molecule has 114 valence electrons. The Morgan fingerprint density at radius 3 is 2.68 bits per heavy atom. The number of carbonyl (C=O) groups is 1. The first kappa shape index (κ1) is 15.2. The lowest BCUT2D eigenvalue weighted by Crippen LogP contribution is -2.16. The minimum atomic E-state index is -0.799. The number of benzene rings is 1. The number of aromatic hydroxyl groups is 1. The Morgan fingerprint density at radius 2 is 2.09 bits per heavy atom. The van der Waals surface area contributed by atoms with Crippen molar-refractivity contribution in [2.45, 2.75) is 6.92 Å². The van der Waals surface area contributed by atoms with Crippen molar-refractivity contribution >= 4 is 11.7 Å². The molecule has 8 heteroatoms. The number of nitro benzene ring substituents is 1. The van der Waals surface area contributed by atoms with Crippen molar-refractivity contribution in [3.05, 3.63) is 56.0 Å². The molecule has 22 heavy (non-hydrogen) atoms. The number of carbonyl (C=O) groups excluding carboxylic acids is 1. The molecule has 0 saturated carbocycles. The molecule has 0 bridgehead atoms. The fourth-order valence-electron chi connectivity index (χ4n) is 2.12. The Hall–Kier alpha value is -3.16. The van der Waals surface area contributed by atoms with Gasteiger partial charge in [0.2, 0.25) is 0 Å². The molecule has 1 heterocycles. The van der Waals surface area contributed by atoms with Crippen LogP contribution in [0.25, 0.3) is 11.1 Å². The summed E-state index contributed by atoms with van der Waals surface area (Å²) in [5.41, 5.74) is -0.827. The predicted octanol–water partition coefficient (Wildman–Crippen LogP) is 1.75. The molecule has 1 aromatic heterocycles. The number of nitrogens with zero attached hydrogens (tertiary/aromatic N) is 1. The highest BCUT2D eigenvalue weighted by atomic mass is 16.6. The van der Waals surface area contributed by atoms with Gasteiger partial charge in [-0.05, 0) is 12.5 Å². The third-order valence-electron chi connectivity index (χ3n) is 3.11. The number of non-ortho nitro benzene ring substituents is 1. The van der Waals surface area contributed by atoms with Crippen LogP contribution >= 0.6 is 0 Å². The first-order valence-corrected chi connectivity index (χ1v) is 6.15. The number of nitrogens with one attached hydrogen (secondary N) is 1. The number of hydrogen-bond acceptors (Lipinski definition) is 6. The molecule has 0 fully saturated rings. The molecular formula is C14H12N2O6. The summed E-state index contributed by atoms with van der Waals surface area (Å²) >= 11 is 0. The predicted molar refractivity (Wildman–Crippen MR) is 76.9 cm³/mol. The number of aromatic nitrogens is 1. The highest BCUT2D eigenvalue weighted by Crippen LogP contribution is 2.33. The number of esters is 1. The van der Waals surface area contributed by atoms with Crippen LogP contribution in [0.2, 0.25) is 0 Å². The minimum Gasteiger partial charge on any atom is -0.503 e. The van der Waals surface area contributed by atoms with Crippen molar-refractivity contribution < 1.29 is 19.6 Å². The quantitative estimate of drug-likeness (QED) is 0.506. The van der Waals surface area contributed by atoms with E-state index in [1.165, 1.54) is 31.2 Å². The SMILES string of the molecule is COC(=O)c1c(C)[nH]c(=O)c(O)c1-c1cccc([N+](=O)[O-])c1. The second kappa shape index (κ2) is 5.68. The number of nitro groups is 1. The zero-order chi connectivity index (χ0) is 16.4. The fourth-order valence-corrected chi connectivity index (χ4v) is 2.12. The van der Waals surface area contributed by atoms with E-state index in [-0.39, 0.29) is 28.1 Å². The Bertz CT molecular complexity index is 825. The van der Waals surface area contributed by atoms with Gasteiger partial charge in [0.15, 0.2) is 5.75 Å². The maximum Gasteiger partial charge on any atom is 0.340 e. The number of pyridine rings is 1. The number of ether oxygens (including phenoxy) is 1. The molecule has 0 amide bonds. The van der Waals surface area contributed by atoms with Gasteiger partial charge < -0.3 is 14.8 Å². The molecule has 0 aliphatic heterocycles. The lowest BCUT2D eigenvalue weighted by atomic mass is 9.98. The number of methoxy groups -OCH3 is 1. The van der Waals surface area contributed by atoms with Crippen LogP contribution in [0.1, 0.15) is 16.1 Å². The second-order valence-electron chi connectivity index (χ2n) is 4.48. The summed E-state index contributed by atoms with van der Waals surface area (Å²) in [4.78, 5) is 36.2. The molecule has 0 radical (unpaired) electrons. The maximum atomic E-state index is 11.9. The Balaban J connectivity index is 2.84. The first-order valence-electron chi connectivity index (χ1n) is 6.15. The molecular weight excluding hydrogens is 292 g/mol. The van der Waals surface area contributed by atoms with Gasteiger partial charge in [-0.1, -0.05) is 12.1 Å². The molecule has 1 aromatic carbocycles. The summed E-state index contributed by atoms with van der Waals surface area (Å²) in [5.74, 6) is -1.47. The zero-order valence-corrected chi connectivity index (χ0v) is 11.7. The van der Waals surface area contributed by atoms with Gasteiger partial charge in [-0.3, -0.25) is 14.9 Å². The Morgan fingerprint density at radius 1 is 1.41 bits per heavy atom. The number of hydrogen-bond donors (Lipinski definition) is 2. The zero-order valence-electron chi connectivity index (χ0n) is 11.7. The Labute approximate surface area is 124 Å². The molecule has 0 atom stereocenters. The number of H-pyrrole nitrogens is 1. The van der Waals surface area contributed by atoms with E-state index in [0.29, 0.717) is 0 Å². The Kier molecular flexibility index (Phi) is 3.93. The topological polar surface area (TPSA) is 123 Å². The van der Waals surface area contributed by atoms with Crippen molar-refractivity contribution in [1.82, 2.24) is 4.98 Å². The summed E-state index contributed by atoms with van der Waals surface area (Å²) < 4.78 is 4.65. The van der Waals surface area contributed by atoms with Crippen LogP contribution in [0.15, 0.2) is 29.1 Å². The van der Waals surface area contributed by atoms with Crippen molar-refractivity contribution in [3.63, 3.8) is 0 Å². The normalized spacial score (nSPS) is 10.3. The lowest BCUT2D eigenvalue weighted by molar-refractivity contribution is -0.384. The third kappa shape index (κ3) is 2.53. The van der Waals surface area contributed by atoms with Gasteiger partial charge >= 0.3 is 5.97 Å².